The van der Waals surface area contributed by atoms with E-state index in [0.29, 0.717) is 12.0 Å². The van der Waals surface area contributed by atoms with Gasteiger partial charge in [0.15, 0.2) is 0 Å². The van der Waals surface area contributed by atoms with Crippen LogP contribution < -0.4 is 15.0 Å². The van der Waals surface area contributed by atoms with Gasteiger partial charge in [0.2, 0.25) is 0 Å². The number of anilines is 1. The van der Waals surface area contributed by atoms with Gasteiger partial charge in [0.25, 0.3) is 5.91 Å². The summed E-state index contributed by atoms with van der Waals surface area (Å²) in [7, 11) is 1.64. The van der Waals surface area contributed by atoms with Gasteiger partial charge in [-0.3, -0.25) is 4.79 Å². The van der Waals surface area contributed by atoms with E-state index >= 15 is 0 Å². The lowest BCUT2D eigenvalue weighted by Crippen LogP contribution is -2.32. The highest BCUT2D eigenvalue weighted by molar-refractivity contribution is 5.94. The Morgan fingerprint density at radius 2 is 1.93 bits per heavy atom. The van der Waals surface area contributed by atoms with E-state index in [2.05, 4.69) is 48.0 Å². The van der Waals surface area contributed by atoms with Crippen molar-refractivity contribution in [1.82, 2.24) is 5.32 Å². The fourth-order valence-electron chi connectivity index (χ4n) is 3.84. The van der Waals surface area contributed by atoms with E-state index in [1.165, 1.54) is 18.5 Å². The molecule has 0 spiro atoms. The van der Waals surface area contributed by atoms with Gasteiger partial charge in [-0.25, -0.2) is 0 Å². The Balaban J connectivity index is 1.65. The molecule has 1 heterocycles. The first-order valence-electron chi connectivity index (χ1n) is 10.5. The molecule has 0 unspecified atom stereocenters. The maximum atomic E-state index is 12.7. The summed E-state index contributed by atoms with van der Waals surface area (Å²) in [4.78, 5) is 15.2. The first-order chi connectivity index (χ1) is 14.0. The monoisotopic (exact) mass is 392 g/mol. The SMILES string of the molecule is C=CCc1cc(C(=O)N[C@H](C)c2ccc(N3CCC(C)CC3)cc2)ccc1OC. The molecule has 4 nitrogen and oxygen atoms in total. The third kappa shape index (κ3) is 5.20. The van der Waals surface area contributed by atoms with Crippen molar-refractivity contribution in [2.24, 2.45) is 5.92 Å². The zero-order valence-electron chi connectivity index (χ0n) is 17.8. The van der Waals surface area contributed by atoms with Gasteiger partial charge >= 0.3 is 0 Å². The summed E-state index contributed by atoms with van der Waals surface area (Å²) in [5.41, 5.74) is 3.97. The molecule has 2 aromatic carbocycles. The van der Waals surface area contributed by atoms with Crippen LogP contribution >= 0.6 is 0 Å². The van der Waals surface area contributed by atoms with Crippen LogP contribution in [0.4, 0.5) is 5.69 Å². The molecule has 4 heteroatoms. The normalized spacial score (nSPS) is 15.6. The molecule has 1 aliphatic heterocycles. The predicted octanol–water partition coefficient (Wildman–Crippen LogP) is 5.15. The summed E-state index contributed by atoms with van der Waals surface area (Å²) >= 11 is 0. The number of nitrogens with one attached hydrogen (secondary N) is 1. The van der Waals surface area contributed by atoms with Crippen molar-refractivity contribution in [3.05, 3.63) is 71.8 Å². The molecule has 0 bridgehead atoms. The number of benzene rings is 2. The number of carbonyl (C=O) groups excluding carboxylic acids is 1. The van der Waals surface area contributed by atoms with E-state index in [0.717, 1.165) is 35.9 Å². The van der Waals surface area contributed by atoms with Crippen LogP contribution in [0.25, 0.3) is 0 Å². The van der Waals surface area contributed by atoms with E-state index in [-0.39, 0.29) is 11.9 Å². The summed E-state index contributed by atoms with van der Waals surface area (Å²) in [6.07, 6.45) is 4.98. The van der Waals surface area contributed by atoms with Crippen LogP contribution in [0.15, 0.2) is 55.1 Å². The molecule has 3 rings (SSSR count). The topological polar surface area (TPSA) is 41.6 Å². The quantitative estimate of drug-likeness (QED) is 0.663. The molecule has 1 fully saturated rings. The summed E-state index contributed by atoms with van der Waals surface area (Å²) < 4.78 is 5.37. The first-order valence-corrected chi connectivity index (χ1v) is 10.5. The fourth-order valence-corrected chi connectivity index (χ4v) is 3.84. The number of amides is 1. The Morgan fingerprint density at radius 3 is 2.55 bits per heavy atom. The highest BCUT2D eigenvalue weighted by atomic mass is 16.5. The largest absolute Gasteiger partial charge is 0.496 e. The van der Waals surface area contributed by atoms with Crippen LogP contribution in [-0.2, 0) is 6.42 Å². The lowest BCUT2D eigenvalue weighted by molar-refractivity contribution is 0.0939. The lowest BCUT2D eigenvalue weighted by Gasteiger charge is -2.32. The van der Waals surface area contributed by atoms with Gasteiger partial charge in [-0.15, -0.1) is 6.58 Å². The van der Waals surface area contributed by atoms with Gasteiger partial charge in [0.1, 0.15) is 5.75 Å². The number of rotatable bonds is 7. The molecule has 1 saturated heterocycles. The van der Waals surface area contributed by atoms with E-state index in [4.69, 9.17) is 4.74 Å². The van der Waals surface area contributed by atoms with E-state index < -0.39 is 0 Å². The molecule has 154 valence electrons. The molecular weight excluding hydrogens is 360 g/mol. The van der Waals surface area contributed by atoms with Crippen LogP contribution in [0.2, 0.25) is 0 Å². The second-order valence-corrected chi connectivity index (χ2v) is 7.98. The summed E-state index contributed by atoms with van der Waals surface area (Å²) in [6, 6.07) is 14.0. The number of hydrogen-bond donors (Lipinski definition) is 1. The molecule has 1 amide bonds. The summed E-state index contributed by atoms with van der Waals surface area (Å²) in [5.74, 6) is 1.52. The van der Waals surface area contributed by atoms with Gasteiger partial charge in [-0.1, -0.05) is 25.1 Å². The van der Waals surface area contributed by atoms with E-state index in [1.807, 2.05) is 25.1 Å². The van der Waals surface area contributed by atoms with Gasteiger partial charge in [-0.05, 0) is 73.6 Å². The zero-order chi connectivity index (χ0) is 20.8. The molecule has 0 radical (unpaired) electrons. The molecular formula is C25H32N2O2. The highest BCUT2D eigenvalue weighted by Crippen LogP contribution is 2.25. The maximum Gasteiger partial charge on any atom is 0.251 e. The third-order valence-electron chi connectivity index (χ3n) is 5.80. The molecule has 1 N–H and O–H groups in total. The summed E-state index contributed by atoms with van der Waals surface area (Å²) in [5, 5.41) is 3.10. The van der Waals surface area contributed by atoms with Gasteiger partial charge < -0.3 is 15.0 Å². The molecule has 29 heavy (non-hydrogen) atoms. The fraction of sp³-hybridized carbons (Fsp3) is 0.400. The van der Waals surface area contributed by atoms with Crippen LogP contribution in [0, 0.1) is 5.92 Å². The average Bonchev–Trinajstić information content (AvgIpc) is 2.74. The van der Waals surface area contributed by atoms with Crippen molar-refractivity contribution in [1.29, 1.82) is 0 Å². The molecule has 0 aliphatic carbocycles. The molecule has 0 saturated carbocycles. The van der Waals surface area contributed by atoms with Crippen molar-refractivity contribution in [3.63, 3.8) is 0 Å². The average molecular weight is 393 g/mol. The van der Waals surface area contributed by atoms with Gasteiger partial charge in [-0.2, -0.15) is 0 Å². The molecule has 2 aromatic rings. The lowest BCUT2D eigenvalue weighted by atomic mass is 9.98. The van der Waals surface area contributed by atoms with Crippen molar-refractivity contribution < 1.29 is 9.53 Å². The van der Waals surface area contributed by atoms with Crippen LogP contribution in [0.1, 0.15) is 54.2 Å². The van der Waals surface area contributed by atoms with Crippen molar-refractivity contribution in [3.8, 4) is 5.75 Å². The molecule has 0 aromatic heterocycles. The first kappa shape index (κ1) is 21.0. The predicted molar refractivity (Wildman–Crippen MR) is 120 cm³/mol. The van der Waals surface area contributed by atoms with Gasteiger partial charge in [0.05, 0.1) is 13.2 Å². The summed E-state index contributed by atoms with van der Waals surface area (Å²) in [6.45, 7) is 10.4. The minimum atomic E-state index is -0.0837. The molecule has 1 aliphatic rings. The second kappa shape index (κ2) is 9.64. The highest BCUT2D eigenvalue weighted by Gasteiger charge is 2.17. The Kier molecular flexibility index (Phi) is 6.97. The van der Waals surface area contributed by atoms with Crippen LogP contribution in [-0.4, -0.2) is 26.1 Å². The second-order valence-electron chi connectivity index (χ2n) is 7.98. The Morgan fingerprint density at radius 1 is 1.24 bits per heavy atom. The number of methoxy groups -OCH3 is 1. The number of ether oxygens (including phenoxy) is 1. The smallest absolute Gasteiger partial charge is 0.251 e. The molecule has 1 atom stereocenters. The van der Waals surface area contributed by atoms with E-state index in [9.17, 15) is 4.79 Å². The van der Waals surface area contributed by atoms with Crippen molar-refractivity contribution in [2.45, 2.75) is 39.2 Å². The Labute approximate surface area is 174 Å². The Bertz CT molecular complexity index is 836. The van der Waals surface area contributed by atoms with Crippen molar-refractivity contribution in [2.75, 3.05) is 25.1 Å². The van der Waals surface area contributed by atoms with Gasteiger partial charge in [0, 0.05) is 24.3 Å². The zero-order valence-corrected chi connectivity index (χ0v) is 17.8. The van der Waals surface area contributed by atoms with Crippen LogP contribution in [0.3, 0.4) is 0 Å². The maximum absolute atomic E-state index is 12.7. The van der Waals surface area contributed by atoms with Crippen LogP contribution in [0.5, 0.6) is 5.75 Å². The van der Waals surface area contributed by atoms with E-state index in [1.54, 1.807) is 13.2 Å². The number of carbonyl (C=O) groups is 1. The number of piperidine rings is 1. The van der Waals surface area contributed by atoms with Crippen molar-refractivity contribution >= 4 is 11.6 Å². The number of nitrogens with zero attached hydrogens (tertiary/aromatic N) is 1. The third-order valence-corrected chi connectivity index (χ3v) is 5.80. The number of allylic oxidation sites excluding steroid dienone is 1. The number of hydrogen-bond acceptors (Lipinski definition) is 3. The minimum Gasteiger partial charge on any atom is -0.496 e. The Hall–Kier alpha value is -2.75. The minimum absolute atomic E-state index is 0.0668. The standard InChI is InChI=1S/C25H32N2O2/c1-5-6-21-17-22(9-12-24(21)29-4)25(28)26-19(3)20-7-10-23(11-8-20)27-15-13-18(2)14-16-27/h5,7-12,17-19H,1,6,13-16H2,2-4H3,(H,26,28)/t19-/m1/s1.